The summed E-state index contributed by atoms with van der Waals surface area (Å²) in [4.78, 5) is 8.38. The zero-order valence-corrected chi connectivity index (χ0v) is 10.7. The minimum atomic E-state index is 0.274. The zero-order chi connectivity index (χ0) is 13.0. The Morgan fingerprint density at radius 2 is 2.39 bits per heavy atom. The minimum absolute atomic E-state index is 0.274. The second-order valence-corrected chi connectivity index (χ2v) is 4.86. The number of nitrogen functional groups attached to an aromatic ring is 1. The quantitative estimate of drug-likeness (QED) is 0.878. The molecule has 2 heterocycles. The van der Waals surface area contributed by atoms with Crippen LogP contribution in [-0.4, -0.2) is 16.5 Å². The molecule has 1 unspecified atom stereocenters. The van der Waals surface area contributed by atoms with Gasteiger partial charge in [-0.1, -0.05) is 6.92 Å². The van der Waals surface area contributed by atoms with Gasteiger partial charge in [0.05, 0.1) is 22.5 Å². The largest absolute Gasteiger partial charge is 0.397 e. The zero-order valence-electron chi connectivity index (χ0n) is 9.92. The van der Waals surface area contributed by atoms with E-state index < -0.39 is 0 Å². The Hall–Kier alpha value is -2.13. The van der Waals surface area contributed by atoms with Gasteiger partial charge in [0.1, 0.15) is 11.9 Å². The van der Waals surface area contributed by atoms with Gasteiger partial charge in [-0.15, -0.1) is 11.3 Å². The third kappa shape index (κ3) is 2.76. The molecule has 0 spiro atoms. The molecule has 0 aromatic carbocycles. The fourth-order valence-corrected chi connectivity index (χ4v) is 2.22. The van der Waals surface area contributed by atoms with Gasteiger partial charge in [0, 0.05) is 24.0 Å². The molecule has 0 saturated carbocycles. The monoisotopic (exact) mass is 259 g/mol. The average Bonchev–Trinajstić information content (AvgIpc) is 2.90. The topological polar surface area (TPSA) is 87.6 Å². The van der Waals surface area contributed by atoms with Crippen molar-refractivity contribution in [3.63, 3.8) is 0 Å². The van der Waals surface area contributed by atoms with Crippen molar-refractivity contribution in [1.29, 1.82) is 5.26 Å². The molecular formula is C12H13N5S. The van der Waals surface area contributed by atoms with Crippen LogP contribution in [0.3, 0.4) is 0 Å². The highest BCUT2D eigenvalue weighted by Crippen LogP contribution is 2.19. The predicted octanol–water partition coefficient (Wildman–Crippen LogP) is 2.21. The van der Waals surface area contributed by atoms with Crippen LogP contribution in [0.15, 0.2) is 23.8 Å². The molecule has 0 bridgehead atoms. The van der Waals surface area contributed by atoms with Crippen molar-refractivity contribution in [3.05, 3.63) is 34.4 Å². The second-order valence-electron chi connectivity index (χ2n) is 3.93. The third-order valence-electron chi connectivity index (χ3n) is 2.48. The number of rotatable bonds is 4. The summed E-state index contributed by atoms with van der Waals surface area (Å²) in [6.07, 6.45) is 3.33. The lowest BCUT2D eigenvalue weighted by atomic mass is 10.2. The van der Waals surface area contributed by atoms with E-state index in [0.29, 0.717) is 23.6 Å². The smallest absolute Gasteiger partial charge is 0.144 e. The van der Waals surface area contributed by atoms with Gasteiger partial charge >= 0.3 is 0 Å². The van der Waals surface area contributed by atoms with Gasteiger partial charge in [0.15, 0.2) is 0 Å². The number of anilines is 2. The Morgan fingerprint density at radius 1 is 1.56 bits per heavy atom. The highest BCUT2D eigenvalue weighted by Gasteiger charge is 2.10. The standard InChI is InChI=1S/C12H13N5S/c1-8(12-15-2-3-18-12)6-16-11-9(5-13)4-10(14)7-17-11/h2-4,7-8H,6,14H2,1H3,(H,16,17). The molecular weight excluding hydrogens is 246 g/mol. The lowest BCUT2D eigenvalue weighted by Crippen LogP contribution is -2.11. The van der Waals surface area contributed by atoms with Crippen molar-refractivity contribution in [2.75, 3.05) is 17.6 Å². The van der Waals surface area contributed by atoms with Crippen molar-refractivity contribution in [3.8, 4) is 6.07 Å². The molecule has 18 heavy (non-hydrogen) atoms. The molecule has 0 saturated heterocycles. The maximum absolute atomic E-state index is 9.00. The number of hydrogen-bond acceptors (Lipinski definition) is 6. The van der Waals surface area contributed by atoms with Gasteiger partial charge < -0.3 is 11.1 Å². The number of hydrogen-bond donors (Lipinski definition) is 2. The van der Waals surface area contributed by atoms with Crippen LogP contribution in [-0.2, 0) is 0 Å². The number of pyridine rings is 1. The summed E-state index contributed by atoms with van der Waals surface area (Å²) in [6.45, 7) is 2.76. The first-order chi connectivity index (χ1) is 8.70. The van der Waals surface area contributed by atoms with E-state index in [9.17, 15) is 0 Å². The minimum Gasteiger partial charge on any atom is -0.397 e. The molecule has 2 aromatic heterocycles. The molecule has 0 aliphatic rings. The van der Waals surface area contributed by atoms with E-state index >= 15 is 0 Å². The molecule has 0 fully saturated rings. The highest BCUT2D eigenvalue weighted by atomic mass is 32.1. The Kier molecular flexibility index (Phi) is 3.75. The number of thiazole rings is 1. The molecule has 5 nitrogen and oxygen atoms in total. The van der Waals surface area contributed by atoms with Crippen LogP contribution in [0, 0.1) is 11.3 Å². The van der Waals surface area contributed by atoms with Crippen molar-refractivity contribution in [2.24, 2.45) is 0 Å². The Balaban J connectivity index is 2.05. The summed E-state index contributed by atoms with van der Waals surface area (Å²) in [5, 5.41) is 15.2. The van der Waals surface area contributed by atoms with Crippen molar-refractivity contribution in [1.82, 2.24) is 9.97 Å². The Labute approximate surface area is 109 Å². The lowest BCUT2D eigenvalue weighted by molar-refractivity contribution is 0.791. The Bertz CT molecular complexity index is 558. The van der Waals surface area contributed by atoms with Crippen molar-refractivity contribution < 1.29 is 0 Å². The summed E-state index contributed by atoms with van der Waals surface area (Å²) >= 11 is 1.62. The lowest BCUT2D eigenvalue weighted by Gasteiger charge is -2.11. The molecule has 1 atom stereocenters. The molecule has 0 radical (unpaired) electrons. The SMILES string of the molecule is CC(CNc1ncc(N)cc1C#N)c1nccs1. The fourth-order valence-electron chi connectivity index (χ4n) is 1.52. The van der Waals surface area contributed by atoms with Gasteiger partial charge in [0.2, 0.25) is 0 Å². The van der Waals surface area contributed by atoms with Crippen LogP contribution in [0.25, 0.3) is 0 Å². The molecule has 0 amide bonds. The summed E-state index contributed by atoms with van der Waals surface area (Å²) in [7, 11) is 0. The molecule has 92 valence electrons. The van der Waals surface area contributed by atoms with E-state index in [1.807, 2.05) is 5.38 Å². The van der Waals surface area contributed by atoms with Crippen LogP contribution in [0.2, 0.25) is 0 Å². The molecule has 3 N–H and O–H groups in total. The maximum atomic E-state index is 9.00. The number of nitrogens with one attached hydrogen (secondary N) is 1. The van der Waals surface area contributed by atoms with Crippen LogP contribution >= 0.6 is 11.3 Å². The predicted molar refractivity (Wildman–Crippen MR) is 72.4 cm³/mol. The fraction of sp³-hybridized carbons (Fsp3) is 0.250. The number of nitrogens with zero attached hydrogens (tertiary/aromatic N) is 3. The van der Waals surface area contributed by atoms with E-state index in [1.165, 1.54) is 6.20 Å². The normalized spacial score (nSPS) is 11.8. The van der Waals surface area contributed by atoms with Crippen molar-refractivity contribution in [2.45, 2.75) is 12.8 Å². The summed E-state index contributed by atoms with van der Waals surface area (Å²) in [6, 6.07) is 3.69. The highest BCUT2D eigenvalue weighted by molar-refractivity contribution is 7.09. The summed E-state index contributed by atoms with van der Waals surface area (Å²) in [5.74, 6) is 0.839. The van der Waals surface area contributed by atoms with E-state index in [-0.39, 0.29) is 5.92 Å². The molecule has 0 aliphatic heterocycles. The molecule has 6 heteroatoms. The molecule has 2 rings (SSSR count). The van der Waals surface area contributed by atoms with Gasteiger partial charge in [-0.25, -0.2) is 9.97 Å². The summed E-state index contributed by atoms with van der Waals surface area (Å²) in [5.41, 5.74) is 6.54. The van der Waals surface area contributed by atoms with Crippen LogP contribution in [0.5, 0.6) is 0 Å². The molecule has 0 aliphatic carbocycles. The molecule has 2 aromatic rings. The first kappa shape index (κ1) is 12.3. The van der Waals surface area contributed by atoms with Crippen LogP contribution in [0.4, 0.5) is 11.5 Å². The number of nitrogens with two attached hydrogens (primary N) is 1. The average molecular weight is 259 g/mol. The van der Waals surface area contributed by atoms with Gasteiger partial charge in [-0.05, 0) is 6.07 Å². The second kappa shape index (κ2) is 5.47. The van der Waals surface area contributed by atoms with Crippen LogP contribution in [0.1, 0.15) is 23.4 Å². The van der Waals surface area contributed by atoms with E-state index in [0.717, 1.165) is 5.01 Å². The first-order valence-corrected chi connectivity index (χ1v) is 6.37. The van der Waals surface area contributed by atoms with E-state index in [4.69, 9.17) is 11.0 Å². The summed E-state index contributed by atoms with van der Waals surface area (Å²) < 4.78 is 0. The third-order valence-corrected chi connectivity index (χ3v) is 3.49. The number of aromatic nitrogens is 2. The van der Waals surface area contributed by atoms with E-state index in [2.05, 4.69) is 28.3 Å². The van der Waals surface area contributed by atoms with Crippen LogP contribution < -0.4 is 11.1 Å². The van der Waals surface area contributed by atoms with Crippen molar-refractivity contribution >= 4 is 22.8 Å². The van der Waals surface area contributed by atoms with E-state index in [1.54, 1.807) is 23.6 Å². The van der Waals surface area contributed by atoms with Gasteiger partial charge in [-0.2, -0.15) is 5.26 Å². The van der Waals surface area contributed by atoms with Gasteiger partial charge in [-0.3, -0.25) is 0 Å². The Morgan fingerprint density at radius 3 is 3.06 bits per heavy atom. The first-order valence-electron chi connectivity index (χ1n) is 5.49. The number of nitriles is 1. The maximum Gasteiger partial charge on any atom is 0.144 e. The van der Waals surface area contributed by atoms with Gasteiger partial charge in [0.25, 0.3) is 0 Å².